The third-order valence-corrected chi connectivity index (χ3v) is 4.36. The van der Waals surface area contributed by atoms with Crippen molar-refractivity contribution in [3.63, 3.8) is 0 Å². The Labute approximate surface area is 155 Å². The van der Waals surface area contributed by atoms with E-state index in [1.807, 2.05) is 30.5 Å². The van der Waals surface area contributed by atoms with Gasteiger partial charge in [0.2, 0.25) is 0 Å². The number of aromatic nitrogens is 2. The van der Waals surface area contributed by atoms with Crippen molar-refractivity contribution < 1.29 is 18.7 Å². The van der Waals surface area contributed by atoms with Gasteiger partial charge in [-0.15, -0.1) is 0 Å². The van der Waals surface area contributed by atoms with Crippen molar-refractivity contribution >= 4 is 5.91 Å². The Balaban J connectivity index is 1.74. The minimum Gasteiger partial charge on any atom is -0.387 e. The number of rotatable bonds is 5. The first-order valence-electron chi connectivity index (χ1n) is 8.39. The first-order chi connectivity index (χ1) is 12.9. The van der Waals surface area contributed by atoms with Gasteiger partial charge in [0.25, 0.3) is 5.91 Å². The van der Waals surface area contributed by atoms with E-state index in [2.05, 4.69) is 10.3 Å². The van der Waals surface area contributed by atoms with E-state index in [0.29, 0.717) is 5.56 Å². The molecule has 2 heterocycles. The number of halogens is 2. The average Bonchev–Trinajstić information content (AvgIpc) is 2.96. The summed E-state index contributed by atoms with van der Waals surface area (Å²) in [6, 6.07) is 8.59. The van der Waals surface area contributed by atoms with Crippen molar-refractivity contribution in [1.29, 1.82) is 0 Å². The molecule has 1 aromatic carbocycles. The van der Waals surface area contributed by atoms with Crippen LogP contribution >= 0.6 is 0 Å². The molecule has 3 rings (SSSR count). The molecule has 0 bridgehead atoms. The van der Waals surface area contributed by atoms with Crippen molar-refractivity contribution in [1.82, 2.24) is 14.9 Å². The van der Waals surface area contributed by atoms with Crippen LogP contribution in [-0.4, -0.2) is 27.1 Å². The first kappa shape index (κ1) is 18.7. The fourth-order valence-corrected chi connectivity index (χ4v) is 3.00. The van der Waals surface area contributed by atoms with E-state index in [4.69, 9.17) is 0 Å². The Hall–Kier alpha value is -3.06. The zero-order chi connectivity index (χ0) is 19.6. The van der Waals surface area contributed by atoms with Crippen LogP contribution in [0, 0.1) is 25.5 Å². The smallest absolute Gasteiger partial charge is 0.253 e. The molecule has 1 atom stereocenters. The Kier molecular flexibility index (Phi) is 5.32. The zero-order valence-corrected chi connectivity index (χ0v) is 14.9. The summed E-state index contributed by atoms with van der Waals surface area (Å²) in [7, 11) is 0. The Morgan fingerprint density at radius 1 is 1.22 bits per heavy atom. The standard InChI is InChI=1S/C20H19F2N3O2/c1-12-8-16(13(2)25(12)15-4-3-7-23-10-15)20(27)24-11-19(26)14-5-6-17(21)18(22)9-14/h3-10,19,26H,11H2,1-2H3,(H,24,27)/t19-/m0/s1. The van der Waals surface area contributed by atoms with Crippen LogP contribution < -0.4 is 5.32 Å². The highest BCUT2D eigenvalue weighted by Crippen LogP contribution is 2.21. The highest BCUT2D eigenvalue weighted by Gasteiger charge is 2.18. The highest BCUT2D eigenvalue weighted by atomic mass is 19.2. The molecule has 0 unspecified atom stereocenters. The molecule has 140 valence electrons. The van der Waals surface area contributed by atoms with Gasteiger partial charge in [-0.1, -0.05) is 6.07 Å². The summed E-state index contributed by atoms with van der Waals surface area (Å²) >= 11 is 0. The highest BCUT2D eigenvalue weighted by molar-refractivity contribution is 5.95. The van der Waals surface area contributed by atoms with Crippen LogP contribution in [0.15, 0.2) is 48.8 Å². The topological polar surface area (TPSA) is 67.2 Å². The van der Waals surface area contributed by atoms with Crippen LogP contribution in [0.4, 0.5) is 8.78 Å². The minimum atomic E-state index is -1.15. The lowest BCUT2D eigenvalue weighted by atomic mass is 10.1. The van der Waals surface area contributed by atoms with E-state index < -0.39 is 17.7 Å². The van der Waals surface area contributed by atoms with E-state index in [1.165, 1.54) is 6.07 Å². The van der Waals surface area contributed by atoms with Crippen LogP contribution in [0.3, 0.4) is 0 Å². The number of aliphatic hydroxyl groups excluding tert-OH is 1. The molecule has 0 aliphatic heterocycles. The number of nitrogens with zero attached hydrogens (tertiary/aromatic N) is 2. The van der Waals surface area contributed by atoms with Crippen molar-refractivity contribution in [2.45, 2.75) is 20.0 Å². The fourth-order valence-electron chi connectivity index (χ4n) is 3.00. The second kappa shape index (κ2) is 7.67. The lowest BCUT2D eigenvalue weighted by Gasteiger charge is -2.13. The third kappa shape index (κ3) is 3.88. The van der Waals surface area contributed by atoms with Crippen molar-refractivity contribution in [3.8, 4) is 5.69 Å². The van der Waals surface area contributed by atoms with Gasteiger partial charge < -0.3 is 15.0 Å². The second-order valence-electron chi connectivity index (χ2n) is 6.23. The molecule has 0 saturated carbocycles. The van der Waals surface area contributed by atoms with Gasteiger partial charge in [-0.05, 0) is 49.7 Å². The van der Waals surface area contributed by atoms with Crippen molar-refractivity contribution in [3.05, 3.63) is 82.9 Å². The minimum absolute atomic E-state index is 0.125. The van der Waals surface area contributed by atoms with Gasteiger partial charge in [0.1, 0.15) is 0 Å². The maximum Gasteiger partial charge on any atom is 0.253 e. The molecule has 0 spiro atoms. The summed E-state index contributed by atoms with van der Waals surface area (Å²) in [5.74, 6) is -2.39. The van der Waals surface area contributed by atoms with Gasteiger partial charge in [-0.3, -0.25) is 9.78 Å². The summed E-state index contributed by atoms with van der Waals surface area (Å²) < 4.78 is 28.2. The molecule has 0 saturated heterocycles. The summed E-state index contributed by atoms with van der Waals surface area (Å²) in [6.07, 6.45) is 2.23. The van der Waals surface area contributed by atoms with Crippen molar-refractivity contribution in [2.24, 2.45) is 0 Å². The molecule has 3 aromatic rings. The number of pyridine rings is 1. The van der Waals surface area contributed by atoms with Crippen LogP contribution in [-0.2, 0) is 0 Å². The monoisotopic (exact) mass is 371 g/mol. The lowest BCUT2D eigenvalue weighted by Crippen LogP contribution is -2.28. The maximum absolute atomic E-state index is 13.3. The molecular weight excluding hydrogens is 352 g/mol. The van der Waals surface area contributed by atoms with Gasteiger partial charge >= 0.3 is 0 Å². The Morgan fingerprint density at radius 3 is 2.67 bits per heavy atom. The van der Waals surface area contributed by atoms with E-state index >= 15 is 0 Å². The second-order valence-corrected chi connectivity index (χ2v) is 6.23. The van der Waals surface area contributed by atoms with Crippen LogP contribution in [0.25, 0.3) is 5.69 Å². The fraction of sp³-hybridized carbons (Fsp3) is 0.200. The molecule has 0 fully saturated rings. The molecule has 0 aliphatic rings. The normalized spacial score (nSPS) is 12.0. The number of carbonyl (C=O) groups excluding carboxylic acids is 1. The van der Waals surface area contributed by atoms with E-state index in [1.54, 1.807) is 18.5 Å². The maximum atomic E-state index is 13.3. The van der Waals surface area contributed by atoms with Crippen LogP contribution in [0.1, 0.15) is 33.4 Å². The van der Waals surface area contributed by atoms with Crippen LogP contribution in [0.2, 0.25) is 0 Å². The molecule has 7 heteroatoms. The number of hydrogen-bond acceptors (Lipinski definition) is 3. The predicted molar refractivity (Wildman–Crippen MR) is 96.7 cm³/mol. The molecule has 0 aliphatic carbocycles. The molecule has 2 aromatic heterocycles. The third-order valence-electron chi connectivity index (χ3n) is 4.36. The van der Waals surface area contributed by atoms with E-state index in [9.17, 15) is 18.7 Å². The molecule has 5 nitrogen and oxygen atoms in total. The van der Waals surface area contributed by atoms with Gasteiger partial charge in [0.15, 0.2) is 11.6 Å². The van der Waals surface area contributed by atoms with Crippen molar-refractivity contribution in [2.75, 3.05) is 6.54 Å². The number of aliphatic hydroxyl groups is 1. The predicted octanol–water partition coefficient (Wildman–Crippen LogP) is 3.23. The van der Waals surface area contributed by atoms with Crippen LogP contribution in [0.5, 0.6) is 0 Å². The zero-order valence-electron chi connectivity index (χ0n) is 14.9. The van der Waals surface area contributed by atoms with E-state index in [0.717, 1.165) is 29.2 Å². The summed E-state index contributed by atoms with van der Waals surface area (Å²) in [5, 5.41) is 12.8. The Morgan fingerprint density at radius 2 is 2.00 bits per heavy atom. The first-order valence-corrected chi connectivity index (χ1v) is 8.39. The molecular formula is C20H19F2N3O2. The molecule has 0 radical (unpaired) electrons. The summed E-state index contributed by atoms with van der Waals surface area (Å²) in [6.45, 7) is 3.58. The van der Waals surface area contributed by atoms with Gasteiger partial charge in [-0.25, -0.2) is 8.78 Å². The molecule has 1 amide bonds. The largest absolute Gasteiger partial charge is 0.387 e. The summed E-state index contributed by atoms with van der Waals surface area (Å²) in [5.41, 5.74) is 3.10. The number of aryl methyl sites for hydroxylation is 1. The Bertz CT molecular complexity index is 971. The number of hydrogen-bond donors (Lipinski definition) is 2. The number of nitrogens with one attached hydrogen (secondary N) is 1. The molecule has 27 heavy (non-hydrogen) atoms. The number of benzene rings is 1. The quantitative estimate of drug-likeness (QED) is 0.724. The van der Waals surface area contributed by atoms with Gasteiger partial charge in [0.05, 0.1) is 23.6 Å². The lowest BCUT2D eigenvalue weighted by molar-refractivity contribution is 0.0915. The van der Waals surface area contributed by atoms with Gasteiger partial charge in [0, 0.05) is 24.1 Å². The van der Waals surface area contributed by atoms with Gasteiger partial charge in [-0.2, -0.15) is 0 Å². The number of amides is 1. The SMILES string of the molecule is Cc1cc(C(=O)NC[C@H](O)c2ccc(F)c(F)c2)c(C)n1-c1cccnc1. The average molecular weight is 371 g/mol. The van der Waals surface area contributed by atoms with E-state index in [-0.39, 0.29) is 18.0 Å². The molecule has 2 N–H and O–H groups in total. The number of carbonyl (C=O) groups is 1. The summed E-state index contributed by atoms with van der Waals surface area (Å²) in [4.78, 5) is 16.6.